The molecule has 2 aromatic carbocycles. The highest BCUT2D eigenvalue weighted by Gasteiger charge is 2.31. The third kappa shape index (κ3) is 19.7. The highest BCUT2D eigenvalue weighted by Crippen LogP contribution is 2.12. The van der Waals surface area contributed by atoms with E-state index < -0.39 is 90.1 Å². The van der Waals surface area contributed by atoms with Crippen molar-refractivity contribution in [2.45, 2.75) is 102 Å². The predicted molar refractivity (Wildman–Crippen MR) is 224 cm³/mol. The van der Waals surface area contributed by atoms with Crippen LogP contribution in [-0.4, -0.2) is 113 Å². The fourth-order valence-electron chi connectivity index (χ4n) is 5.83. The first kappa shape index (κ1) is 50.4. The van der Waals surface area contributed by atoms with Gasteiger partial charge in [-0.1, -0.05) is 56.3 Å². The van der Waals surface area contributed by atoms with Gasteiger partial charge >= 0.3 is 5.97 Å². The van der Waals surface area contributed by atoms with E-state index in [1.165, 1.54) is 31.2 Å². The van der Waals surface area contributed by atoms with Crippen LogP contribution in [0.1, 0.15) is 64.0 Å². The van der Waals surface area contributed by atoms with Gasteiger partial charge in [0.25, 0.3) is 0 Å². The summed E-state index contributed by atoms with van der Waals surface area (Å²) in [6, 6.07) is 6.88. The van der Waals surface area contributed by atoms with E-state index in [9.17, 15) is 48.6 Å². The first-order valence-corrected chi connectivity index (χ1v) is 19.7. The summed E-state index contributed by atoms with van der Waals surface area (Å²) in [6.07, 6.45) is -0.142. The number of benzene rings is 2. The number of nitrogens with one attached hydrogen (secondary N) is 6. The van der Waals surface area contributed by atoms with Gasteiger partial charge in [-0.25, -0.2) is 4.79 Å². The molecule has 16 N–H and O–H groups in total. The zero-order chi connectivity index (χ0) is 45.6. The lowest BCUT2D eigenvalue weighted by molar-refractivity contribution is -0.142. The van der Waals surface area contributed by atoms with Gasteiger partial charge in [0, 0.05) is 25.8 Å². The normalized spacial score (nSPS) is 13.8. The fourth-order valence-corrected chi connectivity index (χ4v) is 5.83. The molecule has 0 spiro atoms. The number of phenols is 1. The van der Waals surface area contributed by atoms with Gasteiger partial charge in [0.2, 0.25) is 41.4 Å². The summed E-state index contributed by atoms with van der Waals surface area (Å²) in [7, 11) is 0. The van der Waals surface area contributed by atoms with Crippen LogP contribution in [0, 0.1) is 5.92 Å². The highest BCUT2D eigenvalue weighted by molar-refractivity contribution is 5.96. The van der Waals surface area contributed by atoms with Gasteiger partial charge in [0.15, 0.2) is 5.96 Å². The van der Waals surface area contributed by atoms with E-state index in [0.29, 0.717) is 17.5 Å². The summed E-state index contributed by atoms with van der Waals surface area (Å²) in [5.41, 5.74) is 23.3. The molecule has 0 saturated heterocycles. The summed E-state index contributed by atoms with van der Waals surface area (Å²) < 4.78 is 0. The fraction of sp³-hybridized carbons (Fsp3) is 0.475. The monoisotopic (exact) mass is 853 g/mol. The van der Waals surface area contributed by atoms with Crippen molar-refractivity contribution in [1.29, 1.82) is 0 Å². The molecule has 0 saturated carbocycles. The second-order valence-corrected chi connectivity index (χ2v) is 14.8. The number of carbonyl (C=O) groups is 8. The average Bonchev–Trinajstić information content (AvgIpc) is 3.19. The summed E-state index contributed by atoms with van der Waals surface area (Å²) in [5.74, 6) is -6.98. The second kappa shape index (κ2) is 25.7. The molecule has 7 amide bonds. The number of rotatable bonds is 26. The zero-order valence-electron chi connectivity index (χ0n) is 34.5. The molecule has 0 aliphatic carbocycles. The summed E-state index contributed by atoms with van der Waals surface area (Å²) >= 11 is 0. The maximum atomic E-state index is 13.5. The Labute approximate surface area is 353 Å². The predicted octanol–water partition coefficient (Wildman–Crippen LogP) is -2.49. The Balaban J connectivity index is 2.17. The molecule has 0 aromatic heterocycles. The third-order valence-electron chi connectivity index (χ3n) is 9.05. The SMILES string of the molecule is CC(C)C[C@H](N)C(=O)N[C@@H](CCCN=C(N)N)C(=O)N[C@@H](CCC(N)=O)C(=O)NCC(=O)N[C@@H](Cc1ccccc1)C(=O)N[C@@H](C)C(=O)N[C@@H](Cc1ccc(O)cc1)C(=O)O. The van der Waals surface area contributed by atoms with Gasteiger partial charge in [-0.05, 0) is 61.8 Å². The number of primary amides is 1. The first-order chi connectivity index (χ1) is 28.7. The van der Waals surface area contributed by atoms with Crippen LogP contribution in [0.15, 0.2) is 59.6 Å². The minimum Gasteiger partial charge on any atom is -0.508 e. The number of hydrogen-bond donors (Lipinski definition) is 12. The van der Waals surface area contributed by atoms with E-state index in [-0.39, 0.29) is 62.7 Å². The Morgan fingerprint density at radius 3 is 1.80 bits per heavy atom. The largest absolute Gasteiger partial charge is 0.508 e. The van der Waals surface area contributed by atoms with E-state index >= 15 is 0 Å². The number of carboxylic acids is 1. The molecule has 0 heterocycles. The van der Waals surface area contributed by atoms with Crippen molar-refractivity contribution in [3.63, 3.8) is 0 Å². The number of carbonyl (C=O) groups excluding carboxylic acids is 7. The third-order valence-corrected chi connectivity index (χ3v) is 9.05. The second-order valence-electron chi connectivity index (χ2n) is 14.8. The van der Waals surface area contributed by atoms with Gasteiger partial charge in [0.05, 0.1) is 12.6 Å². The number of aliphatic imine (C=N–C) groups is 1. The van der Waals surface area contributed by atoms with Crippen LogP contribution in [-0.2, 0) is 51.2 Å². The number of aliphatic carboxylic acids is 1. The molecule has 0 aliphatic rings. The Bertz CT molecular complexity index is 1840. The number of carboxylic acid groups (broad SMARTS) is 1. The summed E-state index contributed by atoms with van der Waals surface area (Å²) in [4.78, 5) is 107. The van der Waals surface area contributed by atoms with E-state index in [2.05, 4.69) is 36.9 Å². The van der Waals surface area contributed by atoms with E-state index in [0.717, 1.165) is 0 Å². The van der Waals surface area contributed by atoms with Crippen LogP contribution in [0.4, 0.5) is 0 Å². The van der Waals surface area contributed by atoms with Crippen LogP contribution in [0.25, 0.3) is 0 Å². The molecule has 0 bridgehead atoms. The molecule has 0 radical (unpaired) electrons. The Morgan fingerprint density at radius 1 is 0.656 bits per heavy atom. The molecule has 6 atom stereocenters. The van der Waals surface area contributed by atoms with Gasteiger partial charge in [-0.2, -0.15) is 0 Å². The van der Waals surface area contributed by atoms with Crippen LogP contribution in [0.5, 0.6) is 5.75 Å². The highest BCUT2D eigenvalue weighted by atomic mass is 16.4. The molecule has 21 nitrogen and oxygen atoms in total. The maximum Gasteiger partial charge on any atom is 0.326 e. The van der Waals surface area contributed by atoms with Crippen molar-refractivity contribution in [2.75, 3.05) is 13.1 Å². The summed E-state index contributed by atoms with van der Waals surface area (Å²) in [5, 5.41) is 34.1. The Hall–Kier alpha value is -6.77. The summed E-state index contributed by atoms with van der Waals surface area (Å²) in [6.45, 7) is 4.50. The van der Waals surface area contributed by atoms with Gasteiger partial charge in [0.1, 0.15) is 36.0 Å². The molecule has 2 rings (SSSR count). The van der Waals surface area contributed by atoms with Crippen molar-refractivity contribution in [1.82, 2.24) is 31.9 Å². The lowest BCUT2D eigenvalue weighted by Crippen LogP contribution is -2.57. The molecule has 0 fully saturated rings. The minimum atomic E-state index is -1.40. The topological polar surface area (TPSA) is 366 Å². The number of hydrogen-bond acceptors (Lipinski definition) is 11. The number of nitrogens with zero attached hydrogens (tertiary/aromatic N) is 1. The number of amides is 7. The minimum absolute atomic E-state index is 0.0204. The van der Waals surface area contributed by atoms with Crippen LogP contribution >= 0.6 is 0 Å². The Morgan fingerprint density at radius 2 is 1.21 bits per heavy atom. The molecule has 21 heteroatoms. The quantitative estimate of drug-likeness (QED) is 0.0265. The van der Waals surface area contributed by atoms with Crippen LogP contribution in [0.2, 0.25) is 0 Å². The molecule has 2 aromatic rings. The smallest absolute Gasteiger partial charge is 0.326 e. The number of nitrogens with two attached hydrogens (primary N) is 4. The Kier molecular flexibility index (Phi) is 21.2. The van der Waals surface area contributed by atoms with Gasteiger partial charge < -0.3 is 65.0 Å². The van der Waals surface area contributed by atoms with E-state index in [1.807, 2.05) is 13.8 Å². The lowest BCUT2D eigenvalue weighted by Gasteiger charge is -2.25. The zero-order valence-corrected chi connectivity index (χ0v) is 34.5. The van der Waals surface area contributed by atoms with Gasteiger partial charge in [-0.15, -0.1) is 0 Å². The first-order valence-electron chi connectivity index (χ1n) is 19.7. The van der Waals surface area contributed by atoms with Crippen molar-refractivity contribution in [3.05, 3.63) is 65.7 Å². The van der Waals surface area contributed by atoms with E-state index in [1.54, 1.807) is 30.3 Å². The van der Waals surface area contributed by atoms with Crippen molar-refractivity contribution in [2.24, 2.45) is 33.8 Å². The molecule has 334 valence electrons. The maximum absolute atomic E-state index is 13.5. The van der Waals surface area contributed by atoms with Crippen LogP contribution in [0.3, 0.4) is 0 Å². The molecular weight excluding hydrogens is 795 g/mol. The van der Waals surface area contributed by atoms with Gasteiger partial charge in [-0.3, -0.25) is 38.6 Å². The number of phenolic OH excluding ortho intramolecular Hbond substituents is 1. The molecular formula is C40H59N11O10. The average molecular weight is 854 g/mol. The van der Waals surface area contributed by atoms with Crippen molar-refractivity contribution in [3.8, 4) is 5.75 Å². The van der Waals surface area contributed by atoms with Crippen molar-refractivity contribution < 1.29 is 48.6 Å². The molecule has 0 aliphatic heterocycles. The molecule has 0 unspecified atom stereocenters. The lowest BCUT2D eigenvalue weighted by atomic mass is 10.0. The molecule has 61 heavy (non-hydrogen) atoms. The van der Waals surface area contributed by atoms with Crippen molar-refractivity contribution >= 4 is 53.3 Å². The number of guanidine groups is 1. The number of aromatic hydroxyl groups is 1. The standard InChI is InChI=1S/C40H59N11O10/c1-22(2)18-27(41)35(56)49-28(10-7-17-45-40(43)44)37(58)50-29(15-16-32(42)53)36(57)46-21-33(54)48-30(19-24-8-5-4-6-9-24)38(59)47-23(3)34(55)51-31(39(60)61)20-25-11-13-26(52)14-12-25/h4-6,8-9,11-14,22-23,27-31,52H,7,10,15-21,41H2,1-3H3,(H2,42,53)(H,46,57)(H,47,59)(H,48,54)(H,49,56)(H,50,58)(H,51,55)(H,60,61)(H4,43,44,45)/t23-,27-,28-,29-,30-,31-/m0/s1. The van der Waals surface area contributed by atoms with E-state index in [4.69, 9.17) is 22.9 Å². The van der Waals surface area contributed by atoms with Crippen LogP contribution < -0.4 is 54.8 Å².